The van der Waals surface area contributed by atoms with Gasteiger partial charge in [-0.2, -0.15) is 0 Å². The number of thioether (sulfide) groups is 1. The summed E-state index contributed by atoms with van der Waals surface area (Å²) in [6.07, 6.45) is 0. The van der Waals surface area contributed by atoms with Crippen molar-refractivity contribution in [1.29, 1.82) is 0 Å². The highest BCUT2D eigenvalue weighted by atomic mass is 35.5. The molecule has 1 aromatic heterocycles. The van der Waals surface area contributed by atoms with Gasteiger partial charge < -0.3 is 15.2 Å². The largest absolute Gasteiger partial charge is 0.345 e. The number of carbonyl (C=O) groups is 2. The summed E-state index contributed by atoms with van der Waals surface area (Å²) >= 11 is 7.34. The zero-order valence-corrected chi connectivity index (χ0v) is 17.5. The fraction of sp³-hybridized carbons (Fsp3) is 0.200. The van der Waals surface area contributed by atoms with Crippen LogP contribution in [0.4, 0.5) is 5.69 Å². The molecule has 2 N–H and O–H groups in total. The summed E-state index contributed by atoms with van der Waals surface area (Å²) in [5.74, 6) is 0.429. The Bertz CT molecular complexity index is 1020. The normalized spacial score (nSPS) is 10.6. The molecule has 3 aromatic rings. The zero-order chi connectivity index (χ0) is 20.8. The van der Waals surface area contributed by atoms with Gasteiger partial charge in [-0.1, -0.05) is 47.6 Å². The molecule has 0 spiro atoms. The lowest BCUT2D eigenvalue weighted by atomic mass is 10.2. The standard InChI is InChI=1S/C20H20ClN5O2S/c1-13-15(21)9-6-10-16(13)23-18(27)12-29-20-25-24-17(26(20)2)11-22-19(28)14-7-4-3-5-8-14/h3-10H,11-12H2,1-2H3,(H,22,28)(H,23,27). The summed E-state index contributed by atoms with van der Waals surface area (Å²) < 4.78 is 1.76. The molecule has 0 saturated heterocycles. The second-order valence-electron chi connectivity index (χ2n) is 6.26. The van der Waals surface area contributed by atoms with E-state index in [1.165, 1.54) is 11.8 Å². The Morgan fingerprint density at radius 2 is 1.86 bits per heavy atom. The number of benzene rings is 2. The van der Waals surface area contributed by atoms with Crippen LogP contribution in [0.3, 0.4) is 0 Å². The number of nitrogens with zero attached hydrogens (tertiary/aromatic N) is 3. The van der Waals surface area contributed by atoms with Gasteiger partial charge >= 0.3 is 0 Å². The number of hydrogen-bond acceptors (Lipinski definition) is 5. The summed E-state index contributed by atoms with van der Waals surface area (Å²) in [7, 11) is 1.80. The van der Waals surface area contributed by atoms with Gasteiger partial charge in [0.05, 0.1) is 12.3 Å². The highest BCUT2D eigenvalue weighted by Gasteiger charge is 2.14. The Morgan fingerprint density at radius 1 is 1.10 bits per heavy atom. The Labute approximate surface area is 177 Å². The first kappa shape index (κ1) is 20.9. The second kappa shape index (κ2) is 9.58. The number of aromatic nitrogens is 3. The van der Waals surface area contributed by atoms with Crippen molar-refractivity contribution in [3.8, 4) is 0 Å². The molecule has 29 heavy (non-hydrogen) atoms. The molecule has 9 heteroatoms. The first-order chi connectivity index (χ1) is 14.0. The number of carbonyl (C=O) groups excluding carboxylic acids is 2. The molecule has 0 saturated carbocycles. The third-order valence-corrected chi connectivity index (χ3v) is 5.67. The zero-order valence-electron chi connectivity index (χ0n) is 16.0. The van der Waals surface area contributed by atoms with Crippen LogP contribution in [0, 0.1) is 6.92 Å². The Morgan fingerprint density at radius 3 is 2.62 bits per heavy atom. The fourth-order valence-electron chi connectivity index (χ4n) is 2.53. The number of rotatable bonds is 7. The van der Waals surface area contributed by atoms with E-state index in [0.29, 0.717) is 27.3 Å². The summed E-state index contributed by atoms with van der Waals surface area (Å²) in [6, 6.07) is 14.3. The quantitative estimate of drug-likeness (QED) is 0.561. The van der Waals surface area contributed by atoms with Crippen LogP contribution in [0.5, 0.6) is 0 Å². The van der Waals surface area contributed by atoms with Crippen LogP contribution < -0.4 is 10.6 Å². The molecule has 7 nitrogen and oxygen atoms in total. The van der Waals surface area contributed by atoms with Crippen LogP contribution in [-0.2, 0) is 18.4 Å². The maximum absolute atomic E-state index is 12.2. The number of hydrogen-bond donors (Lipinski definition) is 2. The topological polar surface area (TPSA) is 88.9 Å². The van der Waals surface area contributed by atoms with Crippen LogP contribution in [-0.4, -0.2) is 32.3 Å². The molecule has 0 bridgehead atoms. The number of nitrogens with one attached hydrogen (secondary N) is 2. The van der Waals surface area contributed by atoms with E-state index in [9.17, 15) is 9.59 Å². The van der Waals surface area contributed by atoms with Crippen molar-refractivity contribution in [2.24, 2.45) is 7.05 Å². The monoisotopic (exact) mass is 429 g/mol. The minimum Gasteiger partial charge on any atom is -0.345 e. The molecule has 0 unspecified atom stereocenters. The average molecular weight is 430 g/mol. The third kappa shape index (κ3) is 5.36. The van der Waals surface area contributed by atoms with Crippen LogP contribution in [0.1, 0.15) is 21.7 Å². The van der Waals surface area contributed by atoms with E-state index < -0.39 is 0 Å². The van der Waals surface area contributed by atoms with Crippen molar-refractivity contribution in [3.63, 3.8) is 0 Å². The van der Waals surface area contributed by atoms with Gasteiger partial charge in [-0.15, -0.1) is 10.2 Å². The molecule has 3 rings (SSSR count). The molecule has 0 radical (unpaired) electrons. The second-order valence-corrected chi connectivity index (χ2v) is 7.61. The van der Waals surface area contributed by atoms with Gasteiger partial charge in [0.1, 0.15) is 0 Å². The van der Waals surface area contributed by atoms with Crippen LogP contribution >= 0.6 is 23.4 Å². The summed E-state index contributed by atoms with van der Waals surface area (Å²) in [5, 5.41) is 15.1. The van der Waals surface area contributed by atoms with E-state index in [1.807, 2.05) is 25.1 Å². The van der Waals surface area contributed by atoms with Crippen LogP contribution in [0.2, 0.25) is 5.02 Å². The predicted molar refractivity (Wildman–Crippen MR) is 114 cm³/mol. The molecule has 1 heterocycles. The molecule has 0 atom stereocenters. The van der Waals surface area contributed by atoms with Crippen molar-refractivity contribution in [2.45, 2.75) is 18.6 Å². The molecule has 0 fully saturated rings. The average Bonchev–Trinajstić information content (AvgIpc) is 3.08. The number of anilines is 1. The predicted octanol–water partition coefficient (Wildman–Crippen LogP) is 3.44. The highest BCUT2D eigenvalue weighted by Crippen LogP contribution is 2.23. The fourth-order valence-corrected chi connectivity index (χ4v) is 3.44. The van der Waals surface area contributed by atoms with E-state index >= 15 is 0 Å². The summed E-state index contributed by atoms with van der Waals surface area (Å²) in [6.45, 7) is 2.09. The smallest absolute Gasteiger partial charge is 0.251 e. The lowest BCUT2D eigenvalue weighted by Crippen LogP contribution is -2.24. The van der Waals surface area contributed by atoms with Crippen molar-refractivity contribution < 1.29 is 9.59 Å². The molecule has 0 aliphatic heterocycles. The first-order valence-electron chi connectivity index (χ1n) is 8.85. The van der Waals surface area contributed by atoms with Crippen molar-refractivity contribution in [1.82, 2.24) is 20.1 Å². The van der Waals surface area contributed by atoms with Gasteiger partial charge in [-0.25, -0.2) is 0 Å². The maximum Gasteiger partial charge on any atom is 0.251 e. The summed E-state index contributed by atoms with van der Waals surface area (Å²) in [4.78, 5) is 24.4. The van der Waals surface area contributed by atoms with Gasteiger partial charge in [0.15, 0.2) is 11.0 Å². The lowest BCUT2D eigenvalue weighted by molar-refractivity contribution is -0.113. The molecule has 0 aliphatic rings. The minimum absolute atomic E-state index is 0.165. The van der Waals surface area contributed by atoms with E-state index in [4.69, 9.17) is 11.6 Å². The van der Waals surface area contributed by atoms with E-state index in [0.717, 1.165) is 5.56 Å². The number of amides is 2. The molecular formula is C20H20ClN5O2S. The Balaban J connectivity index is 1.53. The first-order valence-corrected chi connectivity index (χ1v) is 10.2. The van der Waals surface area contributed by atoms with E-state index in [1.54, 1.807) is 41.9 Å². The van der Waals surface area contributed by atoms with Crippen LogP contribution in [0.15, 0.2) is 53.7 Å². The molecule has 2 aromatic carbocycles. The molecule has 0 aliphatic carbocycles. The SMILES string of the molecule is Cc1c(Cl)cccc1NC(=O)CSc1nnc(CNC(=O)c2ccccc2)n1C. The Kier molecular flexibility index (Phi) is 6.90. The minimum atomic E-state index is -0.181. The van der Waals surface area contributed by atoms with E-state index in [-0.39, 0.29) is 24.1 Å². The van der Waals surface area contributed by atoms with Crippen molar-refractivity contribution in [2.75, 3.05) is 11.1 Å². The van der Waals surface area contributed by atoms with Crippen LogP contribution in [0.25, 0.3) is 0 Å². The van der Waals surface area contributed by atoms with Gasteiger partial charge in [-0.05, 0) is 36.8 Å². The highest BCUT2D eigenvalue weighted by molar-refractivity contribution is 7.99. The lowest BCUT2D eigenvalue weighted by Gasteiger charge is -2.09. The van der Waals surface area contributed by atoms with E-state index in [2.05, 4.69) is 20.8 Å². The van der Waals surface area contributed by atoms with Gasteiger partial charge in [-0.3, -0.25) is 9.59 Å². The molecule has 150 valence electrons. The van der Waals surface area contributed by atoms with Gasteiger partial charge in [0, 0.05) is 23.3 Å². The molecular weight excluding hydrogens is 410 g/mol. The van der Waals surface area contributed by atoms with Gasteiger partial charge in [0.2, 0.25) is 5.91 Å². The van der Waals surface area contributed by atoms with Crippen molar-refractivity contribution >= 4 is 40.9 Å². The number of halogens is 1. The Hall–Kier alpha value is -2.84. The third-order valence-electron chi connectivity index (χ3n) is 4.24. The van der Waals surface area contributed by atoms with Crippen molar-refractivity contribution in [3.05, 3.63) is 70.5 Å². The van der Waals surface area contributed by atoms with Gasteiger partial charge in [0.25, 0.3) is 5.91 Å². The summed E-state index contributed by atoms with van der Waals surface area (Å²) in [5.41, 5.74) is 2.09. The molecule has 2 amide bonds. The maximum atomic E-state index is 12.2.